The molecule has 9 heteroatoms. The van der Waals surface area contributed by atoms with E-state index in [-0.39, 0.29) is 35.7 Å². The summed E-state index contributed by atoms with van der Waals surface area (Å²) in [5, 5.41) is 12.0. The van der Waals surface area contributed by atoms with Gasteiger partial charge in [-0.2, -0.15) is 0 Å². The predicted molar refractivity (Wildman–Crippen MR) is 105 cm³/mol. The summed E-state index contributed by atoms with van der Waals surface area (Å²) >= 11 is 0. The lowest BCUT2D eigenvalue weighted by molar-refractivity contribution is -0.133. The number of carbonyl (C=O) groups excluding carboxylic acids is 1. The minimum atomic E-state index is -0.551. The lowest BCUT2D eigenvalue weighted by Crippen LogP contribution is -2.40. The van der Waals surface area contributed by atoms with Gasteiger partial charge in [0.25, 0.3) is 0 Å². The molecule has 6 nitrogen and oxygen atoms in total. The first-order chi connectivity index (χ1) is 13.6. The molecule has 2 aromatic rings. The smallest absolute Gasteiger partial charge is 0.226 e. The maximum atomic E-state index is 14.0. The summed E-state index contributed by atoms with van der Waals surface area (Å²) in [5.41, 5.74) is 0.0689. The molecule has 1 saturated heterocycles. The second kappa shape index (κ2) is 7.99. The quantitative estimate of drug-likeness (QED) is 0.824. The first-order valence-corrected chi connectivity index (χ1v) is 9.99. The lowest BCUT2D eigenvalue weighted by Gasteiger charge is -2.32. The first-order valence-electron chi connectivity index (χ1n) is 9.99. The number of carbonyl (C=O) groups is 1. The largest absolute Gasteiger partial charge is 0.342 e. The van der Waals surface area contributed by atoms with Crippen molar-refractivity contribution in [1.82, 2.24) is 25.0 Å². The second-order valence-corrected chi connectivity index (χ2v) is 7.99. The fraction of sp³-hybridized carbons (Fsp3) is 0.550. The number of aromatic nitrogens is 3. The molecule has 1 saturated carbocycles. The zero-order chi connectivity index (χ0) is 19.3. The Balaban J connectivity index is 0.00000205. The number of fused-ring (bicyclic) bond motifs is 1. The van der Waals surface area contributed by atoms with Crippen LogP contribution in [-0.2, 0) is 17.9 Å². The van der Waals surface area contributed by atoms with Gasteiger partial charge in [0, 0.05) is 49.5 Å². The Hall–Kier alpha value is -2.06. The molecule has 0 bridgehead atoms. The number of piperidine rings is 1. The van der Waals surface area contributed by atoms with Crippen molar-refractivity contribution >= 4 is 18.3 Å². The van der Waals surface area contributed by atoms with Crippen molar-refractivity contribution in [2.45, 2.75) is 44.2 Å². The minimum Gasteiger partial charge on any atom is -0.342 e. The Morgan fingerprint density at radius 2 is 1.83 bits per heavy atom. The summed E-state index contributed by atoms with van der Waals surface area (Å²) in [4.78, 5) is 14.7. The molecule has 29 heavy (non-hydrogen) atoms. The first kappa shape index (κ1) is 20.2. The van der Waals surface area contributed by atoms with Gasteiger partial charge in [-0.25, -0.2) is 8.78 Å². The van der Waals surface area contributed by atoms with Crippen LogP contribution in [0.1, 0.15) is 48.3 Å². The molecule has 3 aliphatic rings. The number of benzene rings is 1. The van der Waals surface area contributed by atoms with E-state index < -0.39 is 11.6 Å². The number of nitrogens with one attached hydrogen (secondary N) is 1. The van der Waals surface area contributed by atoms with Gasteiger partial charge in [-0.3, -0.25) is 4.79 Å². The van der Waals surface area contributed by atoms with Crippen LogP contribution in [0.5, 0.6) is 0 Å². The van der Waals surface area contributed by atoms with Crippen LogP contribution in [0.25, 0.3) is 0 Å². The fourth-order valence-electron chi connectivity index (χ4n) is 4.66. The SMILES string of the molecule is Cl.O=C(C1CC1c1c(F)cccc1F)N1CCC(c2nnc3n2CCNC3)CC1. The maximum absolute atomic E-state index is 14.0. The zero-order valence-corrected chi connectivity index (χ0v) is 16.8. The van der Waals surface area contributed by atoms with Crippen LogP contribution < -0.4 is 5.32 Å². The van der Waals surface area contributed by atoms with Gasteiger partial charge in [-0.1, -0.05) is 6.07 Å². The van der Waals surface area contributed by atoms with Gasteiger partial charge >= 0.3 is 0 Å². The van der Waals surface area contributed by atoms with E-state index in [1.807, 2.05) is 4.90 Å². The Kier molecular flexibility index (Phi) is 5.57. The van der Waals surface area contributed by atoms with Gasteiger partial charge < -0.3 is 14.8 Å². The lowest BCUT2D eigenvalue weighted by atomic mass is 9.95. The van der Waals surface area contributed by atoms with Crippen molar-refractivity contribution in [3.63, 3.8) is 0 Å². The summed E-state index contributed by atoms with van der Waals surface area (Å²) in [6, 6.07) is 3.88. The summed E-state index contributed by atoms with van der Waals surface area (Å²) in [5.74, 6) is 0.613. The third kappa shape index (κ3) is 3.64. The number of nitrogens with zero attached hydrogens (tertiary/aromatic N) is 4. The number of likely N-dealkylation sites (tertiary alicyclic amines) is 1. The molecule has 156 valence electrons. The molecule has 2 aliphatic heterocycles. The second-order valence-electron chi connectivity index (χ2n) is 7.99. The number of rotatable bonds is 3. The van der Waals surface area contributed by atoms with E-state index in [1.54, 1.807) is 0 Å². The van der Waals surface area contributed by atoms with Gasteiger partial charge in [0.05, 0.1) is 6.54 Å². The molecule has 1 aromatic carbocycles. The number of halogens is 3. The van der Waals surface area contributed by atoms with E-state index in [2.05, 4.69) is 20.1 Å². The van der Waals surface area contributed by atoms with Crippen LogP contribution in [0, 0.1) is 17.6 Å². The van der Waals surface area contributed by atoms with E-state index in [9.17, 15) is 13.6 Å². The predicted octanol–water partition coefficient (Wildman–Crippen LogP) is 2.59. The van der Waals surface area contributed by atoms with Crippen LogP contribution in [-0.4, -0.2) is 45.2 Å². The van der Waals surface area contributed by atoms with Crippen molar-refractivity contribution < 1.29 is 13.6 Å². The van der Waals surface area contributed by atoms with Gasteiger partial charge in [0.2, 0.25) is 5.91 Å². The molecule has 2 atom stereocenters. The van der Waals surface area contributed by atoms with Crippen molar-refractivity contribution in [3.8, 4) is 0 Å². The highest BCUT2D eigenvalue weighted by Crippen LogP contribution is 2.50. The average Bonchev–Trinajstić information content (AvgIpc) is 3.37. The van der Waals surface area contributed by atoms with Crippen LogP contribution in [0.4, 0.5) is 8.78 Å². The van der Waals surface area contributed by atoms with Crippen LogP contribution in [0.2, 0.25) is 0 Å². The number of hydrogen-bond donors (Lipinski definition) is 1. The molecule has 1 N–H and O–H groups in total. The van der Waals surface area contributed by atoms with Crippen molar-refractivity contribution in [3.05, 3.63) is 47.0 Å². The molecule has 0 spiro atoms. The molecule has 1 aliphatic carbocycles. The highest BCUT2D eigenvalue weighted by molar-refractivity contribution is 5.85. The van der Waals surface area contributed by atoms with Crippen molar-refractivity contribution in [1.29, 1.82) is 0 Å². The summed E-state index contributed by atoms with van der Waals surface area (Å²) < 4.78 is 30.2. The van der Waals surface area contributed by atoms with E-state index >= 15 is 0 Å². The summed E-state index contributed by atoms with van der Waals surface area (Å²) in [7, 11) is 0. The molecule has 1 aromatic heterocycles. The monoisotopic (exact) mass is 423 g/mol. The van der Waals surface area contributed by atoms with Gasteiger partial charge in [-0.05, 0) is 31.4 Å². The maximum Gasteiger partial charge on any atom is 0.226 e. The van der Waals surface area contributed by atoms with Gasteiger partial charge in [0.1, 0.15) is 23.3 Å². The van der Waals surface area contributed by atoms with E-state index in [1.165, 1.54) is 18.2 Å². The highest BCUT2D eigenvalue weighted by atomic mass is 35.5. The Bertz CT molecular complexity index is 892. The van der Waals surface area contributed by atoms with Crippen LogP contribution >= 0.6 is 12.4 Å². The number of hydrogen-bond acceptors (Lipinski definition) is 4. The van der Waals surface area contributed by atoms with Crippen LogP contribution in [0.15, 0.2) is 18.2 Å². The zero-order valence-electron chi connectivity index (χ0n) is 16.0. The molecule has 5 rings (SSSR count). The highest BCUT2D eigenvalue weighted by Gasteiger charge is 2.48. The van der Waals surface area contributed by atoms with E-state index in [4.69, 9.17) is 0 Å². The third-order valence-electron chi connectivity index (χ3n) is 6.30. The normalized spacial score (nSPS) is 24.0. The molecule has 2 unspecified atom stereocenters. The van der Waals surface area contributed by atoms with Crippen molar-refractivity contribution in [2.75, 3.05) is 19.6 Å². The molecule has 1 amide bonds. The summed E-state index contributed by atoms with van der Waals surface area (Å²) in [6.07, 6.45) is 2.23. The Morgan fingerprint density at radius 3 is 2.55 bits per heavy atom. The van der Waals surface area contributed by atoms with Crippen molar-refractivity contribution in [2.24, 2.45) is 5.92 Å². The third-order valence-corrected chi connectivity index (χ3v) is 6.30. The van der Waals surface area contributed by atoms with E-state index in [0.29, 0.717) is 25.4 Å². The van der Waals surface area contributed by atoms with Crippen LogP contribution in [0.3, 0.4) is 0 Å². The summed E-state index contributed by atoms with van der Waals surface area (Å²) in [6.45, 7) is 3.87. The number of amides is 1. The van der Waals surface area contributed by atoms with Gasteiger partial charge in [0.15, 0.2) is 0 Å². The average molecular weight is 424 g/mol. The Labute approximate surface area is 174 Å². The molecule has 3 heterocycles. The molecule has 0 radical (unpaired) electrons. The molecule has 2 fully saturated rings. The standard InChI is InChI=1S/C20H23F2N5O.ClH/c21-15-2-1-3-16(22)18(15)13-10-14(13)20(28)26-7-4-12(5-8-26)19-25-24-17-11-23-6-9-27(17)19;/h1-3,12-14,23H,4-11H2;1H. The van der Waals surface area contributed by atoms with E-state index in [0.717, 1.165) is 44.1 Å². The van der Waals surface area contributed by atoms with Gasteiger partial charge in [-0.15, -0.1) is 22.6 Å². The fourth-order valence-corrected chi connectivity index (χ4v) is 4.66. The minimum absolute atomic E-state index is 0. The molecular weight excluding hydrogens is 400 g/mol. The Morgan fingerprint density at radius 1 is 1.10 bits per heavy atom. The topological polar surface area (TPSA) is 63.1 Å². The molecular formula is C20H24ClF2N5O.